The molecular weight excluding hydrogens is 1220 g/mol. The normalized spacial score (nSPS) is 19.0. The minimum Gasteiger partial charge on any atom is -0.493 e. The Balaban J connectivity index is 0.893. The van der Waals surface area contributed by atoms with Crippen molar-refractivity contribution in [1.29, 1.82) is 0 Å². The van der Waals surface area contributed by atoms with E-state index >= 15 is 0 Å². The van der Waals surface area contributed by atoms with Crippen molar-refractivity contribution in [2.75, 3.05) is 106 Å². The molecule has 0 saturated carbocycles. The quantitative estimate of drug-likeness (QED) is 0.0245. The second-order valence-electron chi connectivity index (χ2n) is 23.2. The molecule has 484 valence electrons. The van der Waals surface area contributed by atoms with E-state index in [9.17, 15) is 47.5 Å². The summed E-state index contributed by atoms with van der Waals surface area (Å²) >= 11 is 1.40. The standard InChI is InChI=1S/C64H73N7O18S2/c1-64(2,90-55-33-58(74)68(63(55)78)17-16-59(75)89-71-56(72)14-15-57(71)73)37-67(18-19-85-22-23-86-21-20-82-3)42-25-38(35-87-53-31-46-44(29-51(53)83-4)61(76)69-43(34-65-46)27-40-10-6-8-12-48(40)69)24-39(26-42)36-88-54-32-47-45(30-52(54)84-5)62(77)70-49-13-9-7-11-41(49)28-50(70)60(66-47)91(79,80)81/h6-15,24-26,29-32,43,50,55,60,63,65-66,72-73,78H,16-23,27-28,33-37H2,1-5H3,(H,79,80,81). The number of aliphatic hydroxyl groups is 1. The number of para-hydroxylation sites is 2. The number of nitrogens with zero attached hydrogens (tertiary/aromatic N) is 5. The number of carbonyl (C=O) groups excluding carboxylic acids is 4. The molecular formula is C64H73N7O18S2. The molecule has 5 unspecified atom stereocenters. The highest BCUT2D eigenvalue weighted by atomic mass is 32.2. The summed E-state index contributed by atoms with van der Waals surface area (Å²) in [5.74, 6) is -1.91. The average molecular weight is 1290 g/mol. The van der Waals surface area contributed by atoms with Gasteiger partial charge in [0.05, 0.1) is 93.5 Å². The fraction of sp³-hybridized carbons (Fsp3) is 0.406. The van der Waals surface area contributed by atoms with Gasteiger partial charge in [-0.05, 0) is 91.4 Å². The maximum Gasteiger partial charge on any atom is 0.335 e. The summed E-state index contributed by atoms with van der Waals surface area (Å²) in [6.07, 6.45) is -0.797. The number of thioether (sulfide) groups is 1. The van der Waals surface area contributed by atoms with Crippen molar-refractivity contribution in [3.8, 4) is 34.8 Å². The molecule has 5 aliphatic rings. The summed E-state index contributed by atoms with van der Waals surface area (Å²) in [6.45, 7) is 6.45. The number of methoxy groups -OCH3 is 3. The van der Waals surface area contributed by atoms with Crippen LogP contribution in [0.1, 0.15) is 69.7 Å². The van der Waals surface area contributed by atoms with Gasteiger partial charge in [-0.15, -0.1) is 16.5 Å². The molecule has 1 fully saturated rings. The zero-order valence-electron chi connectivity index (χ0n) is 50.9. The van der Waals surface area contributed by atoms with Gasteiger partial charge in [0.2, 0.25) is 17.7 Å². The SMILES string of the molecule is COCCOCCOCCN(CC(C)(C)SC1CC(=O)N(CCC(=O)On2c(O)ccc2O)C1O)c1cc(COc2cc3c(cc2OC)C(=O)N2c4ccccc4CC2CN3)cc(COc2cc3c(cc2OC)C(=O)N2c4ccccc4CC2C(S(=O)(=O)O)N3)c1. The van der Waals surface area contributed by atoms with Gasteiger partial charge in [0.25, 0.3) is 21.9 Å². The van der Waals surface area contributed by atoms with Gasteiger partial charge in [-0.2, -0.15) is 8.42 Å². The molecule has 0 spiro atoms. The highest BCUT2D eigenvalue weighted by Crippen LogP contribution is 2.45. The van der Waals surface area contributed by atoms with E-state index in [-0.39, 0.29) is 92.8 Å². The lowest BCUT2D eigenvalue weighted by Gasteiger charge is -2.36. The van der Waals surface area contributed by atoms with Gasteiger partial charge in [-0.1, -0.05) is 36.4 Å². The van der Waals surface area contributed by atoms with Crippen LogP contribution in [0.3, 0.4) is 0 Å². The van der Waals surface area contributed by atoms with Crippen molar-refractivity contribution < 1.29 is 85.5 Å². The number of aromatic nitrogens is 1. The molecule has 1 saturated heterocycles. The molecule has 0 bridgehead atoms. The van der Waals surface area contributed by atoms with E-state index in [0.29, 0.717) is 95.9 Å². The smallest absolute Gasteiger partial charge is 0.335 e. The molecule has 5 aromatic carbocycles. The molecule has 91 heavy (non-hydrogen) atoms. The van der Waals surface area contributed by atoms with Crippen LogP contribution in [0.2, 0.25) is 0 Å². The Morgan fingerprint density at radius 1 is 0.714 bits per heavy atom. The molecule has 25 nitrogen and oxygen atoms in total. The number of ether oxygens (including phenoxy) is 7. The first-order chi connectivity index (χ1) is 43.7. The van der Waals surface area contributed by atoms with Crippen molar-refractivity contribution >= 4 is 74.0 Å². The number of carbonyl (C=O) groups is 4. The van der Waals surface area contributed by atoms with Crippen LogP contribution in [-0.4, -0.2) is 176 Å². The Hall–Kier alpha value is -8.44. The summed E-state index contributed by atoms with van der Waals surface area (Å²) in [4.78, 5) is 66.8. The first-order valence-electron chi connectivity index (χ1n) is 29.7. The van der Waals surface area contributed by atoms with E-state index in [2.05, 4.69) is 15.5 Å². The van der Waals surface area contributed by atoms with Gasteiger partial charge in [0.15, 0.2) is 28.4 Å². The Labute approximate surface area is 530 Å². The Morgan fingerprint density at radius 3 is 1.93 bits per heavy atom. The molecule has 11 rings (SSSR count). The first kappa shape index (κ1) is 64.1. The van der Waals surface area contributed by atoms with Crippen molar-refractivity contribution in [3.63, 3.8) is 0 Å². The molecule has 0 aliphatic carbocycles. The summed E-state index contributed by atoms with van der Waals surface area (Å²) in [7, 11) is -0.282. The van der Waals surface area contributed by atoms with Crippen molar-refractivity contribution in [2.45, 2.75) is 86.4 Å². The fourth-order valence-corrected chi connectivity index (χ4v) is 14.8. The Kier molecular flexibility index (Phi) is 19.1. The highest BCUT2D eigenvalue weighted by molar-refractivity contribution is 8.01. The third-order valence-corrected chi connectivity index (χ3v) is 19.1. The lowest BCUT2D eigenvalue weighted by Crippen LogP contribution is -2.49. The molecule has 27 heteroatoms. The molecule has 3 amide bonds. The van der Waals surface area contributed by atoms with E-state index in [1.165, 1.54) is 47.9 Å². The maximum absolute atomic E-state index is 14.5. The van der Waals surface area contributed by atoms with Crippen LogP contribution in [0, 0.1) is 0 Å². The topological polar surface area (TPSA) is 299 Å². The van der Waals surface area contributed by atoms with Gasteiger partial charge in [-0.3, -0.25) is 18.9 Å². The summed E-state index contributed by atoms with van der Waals surface area (Å²) in [5.41, 5.74) is 6.43. The number of fused-ring (bicyclic) bond motifs is 8. The monoisotopic (exact) mass is 1290 g/mol. The van der Waals surface area contributed by atoms with E-state index in [0.717, 1.165) is 28.9 Å². The van der Waals surface area contributed by atoms with E-state index < -0.39 is 61.4 Å². The van der Waals surface area contributed by atoms with Gasteiger partial charge in [0.1, 0.15) is 19.4 Å². The first-order valence-corrected chi connectivity index (χ1v) is 32.1. The average Bonchev–Trinajstić information content (AvgIpc) is 1.63. The number of anilines is 5. The van der Waals surface area contributed by atoms with E-state index in [4.69, 9.17) is 38.0 Å². The maximum atomic E-state index is 14.5. The van der Waals surface area contributed by atoms with Crippen LogP contribution in [0.5, 0.6) is 34.8 Å². The summed E-state index contributed by atoms with van der Waals surface area (Å²) in [5, 5.41) is 35.8. The number of hydrogen-bond donors (Lipinski definition) is 6. The third kappa shape index (κ3) is 13.9. The van der Waals surface area contributed by atoms with E-state index in [1.54, 1.807) is 37.4 Å². The van der Waals surface area contributed by atoms with Crippen molar-refractivity contribution in [3.05, 3.63) is 137 Å². The highest BCUT2D eigenvalue weighted by Gasteiger charge is 2.48. The number of rotatable bonds is 27. The van der Waals surface area contributed by atoms with Crippen molar-refractivity contribution in [2.24, 2.45) is 0 Å². The Bertz CT molecular complexity index is 3810. The van der Waals surface area contributed by atoms with Crippen LogP contribution in [0.15, 0.2) is 103 Å². The summed E-state index contributed by atoms with van der Waals surface area (Å²) in [6, 6.07) is 28.4. The third-order valence-electron chi connectivity index (χ3n) is 16.5. The number of benzene rings is 5. The Morgan fingerprint density at radius 2 is 1.30 bits per heavy atom. The number of nitrogens with one attached hydrogen (secondary N) is 2. The predicted octanol–water partition coefficient (Wildman–Crippen LogP) is 6.25. The van der Waals surface area contributed by atoms with Crippen LogP contribution >= 0.6 is 11.8 Å². The largest absolute Gasteiger partial charge is 0.493 e. The van der Waals surface area contributed by atoms with Gasteiger partial charge >= 0.3 is 5.97 Å². The number of aromatic hydroxyl groups is 2. The van der Waals surface area contributed by atoms with Crippen molar-refractivity contribution in [1.82, 2.24) is 9.63 Å². The second kappa shape index (κ2) is 27.2. The number of amides is 3. The molecule has 5 atom stereocenters. The lowest BCUT2D eigenvalue weighted by molar-refractivity contribution is -0.147. The van der Waals surface area contributed by atoms with E-state index in [1.807, 2.05) is 67.3 Å². The fourth-order valence-electron chi connectivity index (χ4n) is 12.3. The van der Waals surface area contributed by atoms with Crippen LogP contribution in [0.25, 0.3) is 0 Å². The molecule has 6 aromatic rings. The van der Waals surface area contributed by atoms with Crippen LogP contribution < -0.4 is 49.1 Å². The second-order valence-corrected chi connectivity index (χ2v) is 26.7. The number of likely N-dealkylation sites (tertiary alicyclic amines) is 1. The predicted molar refractivity (Wildman–Crippen MR) is 338 cm³/mol. The van der Waals surface area contributed by atoms with Crippen LogP contribution in [0.4, 0.5) is 28.4 Å². The molecule has 5 aliphatic heterocycles. The molecule has 0 radical (unpaired) electrons. The minimum absolute atomic E-state index is 0.0209. The molecule has 6 heterocycles. The number of aliphatic hydroxyl groups excluding tert-OH is 1. The van der Waals surface area contributed by atoms with Crippen LogP contribution in [-0.2, 0) is 60.0 Å². The number of hydrogen-bond acceptors (Lipinski definition) is 21. The zero-order chi connectivity index (χ0) is 64.3. The van der Waals surface area contributed by atoms with Gasteiger partial charge in [-0.25, -0.2) is 4.79 Å². The summed E-state index contributed by atoms with van der Waals surface area (Å²) < 4.78 is 78.8. The lowest BCUT2D eigenvalue weighted by atomic mass is 10.1. The molecule has 6 N–H and O–H groups in total. The van der Waals surface area contributed by atoms with Gasteiger partial charge < -0.3 is 83.5 Å². The zero-order valence-corrected chi connectivity index (χ0v) is 52.5. The minimum atomic E-state index is -4.80. The molecule has 1 aromatic heterocycles. The van der Waals surface area contributed by atoms with Gasteiger partial charge in [0, 0.05) is 85.8 Å².